The lowest BCUT2D eigenvalue weighted by atomic mass is 10.1. The van der Waals surface area contributed by atoms with Crippen LogP contribution in [0.5, 0.6) is 0 Å². The second kappa shape index (κ2) is 5.87. The Hall–Kier alpha value is -1.28. The third-order valence-electron chi connectivity index (χ3n) is 3.41. The maximum atomic E-state index is 5.80. The molecule has 0 bridgehead atoms. The summed E-state index contributed by atoms with van der Waals surface area (Å²) >= 11 is 0. The fraction of sp³-hybridized carbons (Fsp3) is 0.467. The molecule has 2 heteroatoms. The van der Waals surface area contributed by atoms with Crippen molar-refractivity contribution in [3.8, 4) is 0 Å². The van der Waals surface area contributed by atoms with Gasteiger partial charge in [0.1, 0.15) is 0 Å². The summed E-state index contributed by atoms with van der Waals surface area (Å²) in [6, 6.07) is 6.20. The molecule has 2 rings (SSSR count). The van der Waals surface area contributed by atoms with E-state index in [0.29, 0.717) is 0 Å². The Balaban J connectivity index is 1.80. The van der Waals surface area contributed by atoms with Gasteiger partial charge in [-0.3, -0.25) is 0 Å². The van der Waals surface area contributed by atoms with Gasteiger partial charge in [-0.1, -0.05) is 24.3 Å². The average molecular weight is 230 g/mol. The molecule has 0 unspecified atom stereocenters. The molecule has 0 atom stereocenters. The van der Waals surface area contributed by atoms with Crippen molar-refractivity contribution < 1.29 is 0 Å². The van der Waals surface area contributed by atoms with E-state index in [1.54, 1.807) is 0 Å². The topological polar surface area (TPSA) is 29.3 Å². The second-order valence-corrected chi connectivity index (χ2v) is 4.86. The van der Waals surface area contributed by atoms with Crippen LogP contribution in [0.3, 0.4) is 0 Å². The average Bonchev–Trinajstić information content (AvgIpc) is 2.82. The van der Waals surface area contributed by atoms with Crippen LogP contribution in [-0.4, -0.2) is 24.5 Å². The number of nitrogens with two attached hydrogens (primary N) is 1. The molecule has 1 saturated heterocycles. The lowest BCUT2D eigenvalue weighted by Gasteiger charge is -2.12. The van der Waals surface area contributed by atoms with Gasteiger partial charge in [0.15, 0.2) is 0 Å². The van der Waals surface area contributed by atoms with Crippen LogP contribution in [0.15, 0.2) is 24.3 Å². The predicted molar refractivity (Wildman–Crippen MR) is 74.9 cm³/mol. The molecular weight excluding hydrogens is 208 g/mol. The number of benzene rings is 1. The monoisotopic (exact) mass is 230 g/mol. The molecule has 1 aromatic carbocycles. The van der Waals surface area contributed by atoms with Crippen LogP contribution in [0.25, 0.3) is 6.08 Å². The molecule has 0 amide bonds. The quantitative estimate of drug-likeness (QED) is 0.805. The fourth-order valence-electron chi connectivity index (χ4n) is 2.29. The molecule has 1 heterocycles. The first-order valence-electron chi connectivity index (χ1n) is 6.51. The number of hydrogen-bond acceptors (Lipinski definition) is 2. The molecule has 0 aromatic heterocycles. The van der Waals surface area contributed by atoms with Crippen molar-refractivity contribution in [2.75, 3.05) is 25.4 Å². The summed E-state index contributed by atoms with van der Waals surface area (Å²) in [6.45, 7) is 5.82. The second-order valence-electron chi connectivity index (χ2n) is 4.86. The summed E-state index contributed by atoms with van der Waals surface area (Å²) in [5, 5.41) is 0. The number of anilines is 1. The smallest absolute Gasteiger partial charge is 0.0344 e. The molecule has 17 heavy (non-hydrogen) atoms. The Morgan fingerprint density at radius 1 is 1.29 bits per heavy atom. The number of nitrogen functional groups attached to an aromatic ring is 1. The van der Waals surface area contributed by atoms with Gasteiger partial charge in [-0.05, 0) is 56.5 Å². The van der Waals surface area contributed by atoms with Gasteiger partial charge in [0.2, 0.25) is 0 Å². The van der Waals surface area contributed by atoms with E-state index in [9.17, 15) is 0 Å². The summed E-state index contributed by atoms with van der Waals surface area (Å²) in [6.07, 6.45) is 8.36. The Morgan fingerprint density at radius 2 is 2.06 bits per heavy atom. The van der Waals surface area contributed by atoms with Gasteiger partial charge in [-0.15, -0.1) is 0 Å². The molecule has 1 aromatic rings. The van der Waals surface area contributed by atoms with E-state index in [0.717, 1.165) is 17.7 Å². The highest BCUT2D eigenvalue weighted by Gasteiger charge is 2.09. The van der Waals surface area contributed by atoms with E-state index >= 15 is 0 Å². The highest BCUT2D eigenvalue weighted by atomic mass is 15.1. The molecule has 0 radical (unpaired) electrons. The maximum absolute atomic E-state index is 5.80. The van der Waals surface area contributed by atoms with E-state index in [2.05, 4.69) is 36.1 Å². The molecule has 2 nitrogen and oxygen atoms in total. The van der Waals surface area contributed by atoms with Gasteiger partial charge in [-0.2, -0.15) is 0 Å². The molecule has 1 fully saturated rings. The van der Waals surface area contributed by atoms with Crippen LogP contribution in [0.2, 0.25) is 0 Å². The van der Waals surface area contributed by atoms with E-state index in [-0.39, 0.29) is 0 Å². The van der Waals surface area contributed by atoms with Crippen molar-refractivity contribution in [1.82, 2.24) is 4.90 Å². The number of rotatable bonds is 4. The molecule has 0 aliphatic carbocycles. The third-order valence-corrected chi connectivity index (χ3v) is 3.41. The van der Waals surface area contributed by atoms with E-state index in [4.69, 9.17) is 5.73 Å². The Bertz CT molecular complexity index is 390. The van der Waals surface area contributed by atoms with Crippen LogP contribution >= 0.6 is 0 Å². The van der Waals surface area contributed by atoms with Gasteiger partial charge in [-0.25, -0.2) is 0 Å². The van der Waals surface area contributed by atoms with Gasteiger partial charge in [0, 0.05) is 12.2 Å². The van der Waals surface area contributed by atoms with Crippen LogP contribution < -0.4 is 5.73 Å². The Labute approximate surface area is 104 Å². The first-order chi connectivity index (χ1) is 8.25. The number of aryl methyl sites for hydroxylation is 1. The van der Waals surface area contributed by atoms with Crippen LogP contribution in [0.4, 0.5) is 5.69 Å². The Kier molecular flexibility index (Phi) is 4.21. The van der Waals surface area contributed by atoms with Gasteiger partial charge < -0.3 is 10.6 Å². The van der Waals surface area contributed by atoms with Crippen LogP contribution in [-0.2, 0) is 0 Å². The molecular formula is C15H22N2. The lowest BCUT2D eigenvalue weighted by molar-refractivity contribution is 0.346. The zero-order chi connectivity index (χ0) is 12.1. The summed E-state index contributed by atoms with van der Waals surface area (Å²) in [4.78, 5) is 2.54. The summed E-state index contributed by atoms with van der Waals surface area (Å²) in [5.41, 5.74) is 9.08. The minimum atomic E-state index is 0.874. The minimum Gasteiger partial charge on any atom is -0.399 e. The van der Waals surface area contributed by atoms with Crippen LogP contribution in [0, 0.1) is 6.92 Å². The molecule has 1 aliphatic rings. The zero-order valence-electron chi connectivity index (χ0n) is 10.7. The molecule has 1 aliphatic heterocycles. The van der Waals surface area contributed by atoms with E-state index < -0.39 is 0 Å². The standard InChI is InChI=1S/C15H22N2/c1-13-12-14(7-8-15(13)16)6-2-3-9-17-10-4-5-11-17/h2,6-8,12H,3-5,9-11,16H2,1H3/b6-2+. The van der Waals surface area contributed by atoms with Crippen molar-refractivity contribution in [3.05, 3.63) is 35.4 Å². The van der Waals surface area contributed by atoms with Crippen LogP contribution in [0.1, 0.15) is 30.4 Å². The number of hydrogen-bond donors (Lipinski definition) is 1. The Morgan fingerprint density at radius 3 is 2.76 bits per heavy atom. The maximum Gasteiger partial charge on any atom is 0.0344 e. The van der Waals surface area contributed by atoms with Gasteiger partial charge in [0.25, 0.3) is 0 Å². The fourth-order valence-corrected chi connectivity index (χ4v) is 2.29. The van der Waals surface area contributed by atoms with Crippen molar-refractivity contribution in [2.45, 2.75) is 26.2 Å². The largest absolute Gasteiger partial charge is 0.399 e. The van der Waals surface area contributed by atoms with E-state index in [1.165, 1.54) is 38.0 Å². The first-order valence-corrected chi connectivity index (χ1v) is 6.51. The third kappa shape index (κ3) is 3.60. The highest BCUT2D eigenvalue weighted by Crippen LogP contribution is 2.14. The number of nitrogens with zero attached hydrogens (tertiary/aromatic N) is 1. The van der Waals surface area contributed by atoms with Crippen molar-refractivity contribution in [3.63, 3.8) is 0 Å². The minimum absolute atomic E-state index is 0.874. The first kappa shape index (κ1) is 12.2. The zero-order valence-corrected chi connectivity index (χ0v) is 10.7. The van der Waals surface area contributed by atoms with E-state index in [1.807, 2.05) is 6.07 Å². The summed E-state index contributed by atoms with van der Waals surface area (Å²) < 4.78 is 0. The molecule has 0 saturated carbocycles. The van der Waals surface area contributed by atoms with Crippen molar-refractivity contribution in [1.29, 1.82) is 0 Å². The van der Waals surface area contributed by atoms with Crippen molar-refractivity contribution in [2.24, 2.45) is 0 Å². The normalized spacial score (nSPS) is 17.0. The molecule has 0 spiro atoms. The highest BCUT2D eigenvalue weighted by molar-refractivity contribution is 5.57. The number of likely N-dealkylation sites (tertiary alicyclic amines) is 1. The van der Waals surface area contributed by atoms with Crippen molar-refractivity contribution >= 4 is 11.8 Å². The lowest BCUT2D eigenvalue weighted by Crippen LogP contribution is -2.19. The van der Waals surface area contributed by atoms with Gasteiger partial charge in [0.05, 0.1) is 0 Å². The summed E-state index contributed by atoms with van der Waals surface area (Å²) in [5.74, 6) is 0. The molecule has 2 N–H and O–H groups in total. The summed E-state index contributed by atoms with van der Waals surface area (Å²) in [7, 11) is 0. The molecule has 92 valence electrons. The predicted octanol–water partition coefficient (Wildman–Crippen LogP) is 3.08. The SMILES string of the molecule is Cc1cc(/C=C/CCN2CCCC2)ccc1N. The van der Waals surface area contributed by atoms with Gasteiger partial charge >= 0.3 is 0 Å².